The molecular weight excluding hydrogens is 169 g/mol. The third-order valence-corrected chi connectivity index (χ3v) is 1.86. The van der Waals surface area contributed by atoms with Crippen LogP contribution in [0.4, 0.5) is 4.39 Å². The second kappa shape index (κ2) is 3.90. The molecule has 0 saturated heterocycles. The standard InChI is InChI=1S/C10H10FNO/c1-7(6-12)9-4-3-8(11)5-10(9)13-2/h3-5,7H,1-2H3. The summed E-state index contributed by atoms with van der Waals surface area (Å²) in [4.78, 5) is 0. The number of nitrogens with zero attached hydrogens (tertiary/aromatic N) is 1. The molecule has 0 spiro atoms. The minimum absolute atomic E-state index is 0.282. The van der Waals surface area contributed by atoms with Crippen molar-refractivity contribution in [2.75, 3.05) is 7.11 Å². The molecule has 1 atom stereocenters. The number of hydrogen-bond acceptors (Lipinski definition) is 2. The predicted molar refractivity (Wildman–Crippen MR) is 47.0 cm³/mol. The molecule has 2 nitrogen and oxygen atoms in total. The summed E-state index contributed by atoms with van der Waals surface area (Å²) in [5, 5.41) is 8.68. The molecule has 0 bridgehead atoms. The summed E-state index contributed by atoms with van der Waals surface area (Å²) in [7, 11) is 1.46. The Morgan fingerprint density at radius 3 is 2.77 bits per heavy atom. The quantitative estimate of drug-likeness (QED) is 0.698. The molecule has 1 unspecified atom stereocenters. The van der Waals surface area contributed by atoms with Crippen LogP contribution in [0.15, 0.2) is 18.2 Å². The van der Waals surface area contributed by atoms with Crippen molar-refractivity contribution >= 4 is 0 Å². The van der Waals surface area contributed by atoms with Gasteiger partial charge in [0.15, 0.2) is 0 Å². The largest absolute Gasteiger partial charge is 0.496 e. The summed E-state index contributed by atoms with van der Waals surface area (Å²) in [6.45, 7) is 1.75. The highest BCUT2D eigenvalue weighted by Gasteiger charge is 2.10. The molecule has 0 N–H and O–H groups in total. The first-order valence-corrected chi connectivity index (χ1v) is 3.92. The normalized spacial score (nSPS) is 11.8. The molecule has 0 amide bonds. The van der Waals surface area contributed by atoms with Gasteiger partial charge in [-0.15, -0.1) is 0 Å². The van der Waals surface area contributed by atoms with E-state index in [0.717, 1.165) is 0 Å². The van der Waals surface area contributed by atoms with Gasteiger partial charge in [-0.25, -0.2) is 4.39 Å². The van der Waals surface area contributed by atoms with Gasteiger partial charge in [0, 0.05) is 11.6 Å². The van der Waals surface area contributed by atoms with Crippen LogP contribution < -0.4 is 4.74 Å². The third-order valence-electron chi connectivity index (χ3n) is 1.86. The number of halogens is 1. The van der Waals surface area contributed by atoms with Crippen molar-refractivity contribution in [2.45, 2.75) is 12.8 Å². The molecule has 1 aromatic carbocycles. The zero-order valence-corrected chi connectivity index (χ0v) is 7.54. The van der Waals surface area contributed by atoms with Gasteiger partial charge in [0.25, 0.3) is 0 Å². The zero-order chi connectivity index (χ0) is 9.84. The second-order valence-electron chi connectivity index (χ2n) is 2.74. The first-order chi connectivity index (χ1) is 6.19. The number of ether oxygens (including phenoxy) is 1. The minimum Gasteiger partial charge on any atom is -0.496 e. The van der Waals surface area contributed by atoms with Crippen LogP contribution in [0.1, 0.15) is 18.4 Å². The van der Waals surface area contributed by atoms with Crippen LogP contribution >= 0.6 is 0 Å². The first kappa shape index (κ1) is 9.53. The van der Waals surface area contributed by atoms with Crippen LogP contribution in [0.2, 0.25) is 0 Å². The van der Waals surface area contributed by atoms with E-state index in [9.17, 15) is 4.39 Å². The van der Waals surface area contributed by atoms with E-state index in [0.29, 0.717) is 11.3 Å². The van der Waals surface area contributed by atoms with Gasteiger partial charge in [-0.05, 0) is 13.0 Å². The molecule has 0 fully saturated rings. The van der Waals surface area contributed by atoms with E-state index in [1.54, 1.807) is 13.0 Å². The predicted octanol–water partition coefficient (Wildman–Crippen LogP) is 2.46. The summed E-state index contributed by atoms with van der Waals surface area (Å²) in [5.74, 6) is -0.213. The Morgan fingerprint density at radius 1 is 1.54 bits per heavy atom. The molecule has 0 aliphatic rings. The Balaban J connectivity index is 3.15. The Kier molecular flexibility index (Phi) is 2.86. The Bertz CT molecular complexity index is 343. The molecule has 3 heteroatoms. The molecule has 68 valence electrons. The molecule has 1 rings (SSSR count). The average molecular weight is 179 g/mol. The van der Waals surface area contributed by atoms with Crippen molar-refractivity contribution in [3.8, 4) is 11.8 Å². The lowest BCUT2D eigenvalue weighted by Gasteiger charge is -2.09. The fourth-order valence-corrected chi connectivity index (χ4v) is 1.11. The second-order valence-corrected chi connectivity index (χ2v) is 2.74. The van der Waals surface area contributed by atoms with E-state index in [4.69, 9.17) is 10.00 Å². The summed E-state index contributed by atoms with van der Waals surface area (Å²) in [6, 6.07) is 6.25. The van der Waals surface area contributed by atoms with Gasteiger partial charge < -0.3 is 4.74 Å². The van der Waals surface area contributed by atoms with E-state index in [2.05, 4.69) is 6.07 Å². The molecule has 13 heavy (non-hydrogen) atoms. The van der Waals surface area contributed by atoms with Gasteiger partial charge in [-0.3, -0.25) is 0 Å². The topological polar surface area (TPSA) is 33.0 Å². The van der Waals surface area contributed by atoms with E-state index >= 15 is 0 Å². The van der Waals surface area contributed by atoms with Crippen molar-refractivity contribution in [1.29, 1.82) is 5.26 Å². The summed E-state index contributed by atoms with van der Waals surface area (Å²) < 4.78 is 17.7. The van der Waals surface area contributed by atoms with Crippen molar-refractivity contribution in [2.24, 2.45) is 0 Å². The molecule has 1 aromatic rings. The number of rotatable bonds is 2. The van der Waals surface area contributed by atoms with E-state index < -0.39 is 0 Å². The van der Waals surface area contributed by atoms with Crippen LogP contribution in [0.5, 0.6) is 5.75 Å². The van der Waals surface area contributed by atoms with Crippen molar-refractivity contribution < 1.29 is 9.13 Å². The summed E-state index contributed by atoms with van der Waals surface area (Å²) in [5.41, 5.74) is 0.714. The lowest BCUT2D eigenvalue weighted by molar-refractivity contribution is 0.405. The van der Waals surface area contributed by atoms with Gasteiger partial charge >= 0.3 is 0 Å². The maximum absolute atomic E-state index is 12.7. The monoisotopic (exact) mass is 179 g/mol. The number of nitriles is 1. The fourth-order valence-electron chi connectivity index (χ4n) is 1.11. The van der Waals surface area contributed by atoms with E-state index in [1.165, 1.54) is 19.2 Å². The average Bonchev–Trinajstić information content (AvgIpc) is 2.16. The first-order valence-electron chi connectivity index (χ1n) is 3.92. The Labute approximate surface area is 76.6 Å². The van der Waals surface area contributed by atoms with E-state index in [1.807, 2.05) is 0 Å². The highest BCUT2D eigenvalue weighted by Crippen LogP contribution is 2.26. The van der Waals surface area contributed by atoms with Gasteiger partial charge in [-0.1, -0.05) is 6.07 Å². The van der Waals surface area contributed by atoms with Gasteiger partial charge in [0.2, 0.25) is 0 Å². The van der Waals surface area contributed by atoms with Crippen LogP contribution in [0.3, 0.4) is 0 Å². The minimum atomic E-state index is -0.356. The Hall–Kier alpha value is -1.56. The van der Waals surface area contributed by atoms with Crippen molar-refractivity contribution in [3.63, 3.8) is 0 Å². The molecule has 0 aromatic heterocycles. The molecular formula is C10H10FNO. The zero-order valence-electron chi connectivity index (χ0n) is 7.54. The van der Waals surface area contributed by atoms with Crippen LogP contribution in [0, 0.1) is 17.1 Å². The molecule has 0 saturated carbocycles. The van der Waals surface area contributed by atoms with Gasteiger partial charge in [0.1, 0.15) is 11.6 Å². The van der Waals surface area contributed by atoms with E-state index in [-0.39, 0.29) is 11.7 Å². The molecule has 0 aliphatic carbocycles. The van der Waals surface area contributed by atoms with Crippen LogP contribution in [-0.2, 0) is 0 Å². The van der Waals surface area contributed by atoms with Crippen LogP contribution in [-0.4, -0.2) is 7.11 Å². The highest BCUT2D eigenvalue weighted by atomic mass is 19.1. The van der Waals surface area contributed by atoms with Gasteiger partial charge in [-0.2, -0.15) is 5.26 Å². The van der Waals surface area contributed by atoms with Crippen LogP contribution in [0.25, 0.3) is 0 Å². The molecule has 0 radical (unpaired) electrons. The third kappa shape index (κ3) is 1.97. The number of hydrogen-bond donors (Lipinski definition) is 0. The smallest absolute Gasteiger partial charge is 0.126 e. The molecule has 0 aliphatic heterocycles. The van der Waals surface area contributed by atoms with Gasteiger partial charge in [0.05, 0.1) is 19.1 Å². The summed E-state index contributed by atoms with van der Waals surface area (Å²) in [6.07, 6.45) is 0. The lowest BCUT2D eigenvalue weighted by Crippen LogP contribution is -1.95. The maximum Gasteiger partial charge on any atom is 0.126 e. The highest BCUT2D eigenvalue weighted by molar-refractivity contribution is 5.38. The number of benzene rings is 1. The SMILES string of the molecule is COc1cc(F)ccc1C(C)C#N. The lowest BCUT2D eigenvalue weighted by atomic mass is 10.0. The summed E-state index contributed by atoms with van der Waals surface area (Å²) >= 11 is 0. The van der Waals surface area contributed by atoms with Crippen molar-refractivity contribution in [3.05, 3.63) is 29.6 Å². The number of methoxy groups -OCH3 is 1. The fraction of sp³-hybridized carbons (Fsp3) is 0.300. The molecule has 0 heterocycles. The maximum atomic E-state index is 12.7. The van der Waals surface area contributed by atoms with Crippen molar-refractivity contribution in [1.82, 2.24) is 0 Å². The Morgan fingerprint density at radius 2 is 2.23 bits per heavy atom.